The Labute approximate surface area is 159 Å². The average molecular weight is 395 g/mol. The van der Waals surface area contributed by atoms with Gasteiger partial charge in [-0.1, -0.05) is 23.2 Å². The molecule has 0 atom stereocenters. The van der Waals surface area contributed by atoms with Crippen LogP contribution in [-0.2, 0) is 0 Å². The highest BCUT2D eigenvalue weighted by Gasteiger charge is 2.24. The highest BCUT2D eigenvalue weighted by atomic mass is 35.5. The maximum Gasteiger partial charge on any atom is 0.337 e. The van der Waals surface area contributed by atoms with Crippen molar-refractivity contribution in [2.75, 3.05) is 10.7 Å². The number of anilines is 2. The molecule has 1 fully saturated rings. The molecule has 0 aromatic carbocycles. The van der Waals surface area contributed by atoms with Gasteiger partial charge in [-0.25, -0.2) is 14.8 Å². The van der Waals surface area contributed by atoms with Crippen molar-refractivity contribution < 1.29 is 9.59 Å². The van der Waals surface area contributed by atoms with Crippen LogP contribution >= 0.6 is 23.2 Å². The summed E-state index contributed by atoms with van der Waals surface area (Å²) < 4.78 is 0. The number of rotatable bonds is 5. The fourth-order valence-electron chi connectivity index (χ4n) is 2.15. The van der Waals surface area contributed by atoms with Gasteiger partial charge in [0.25, 0.3) is 5.91 Å². The zero-order valence-electron chi connectivity index (χ0n) is 13.8. The standard InChI is InChI=1S/C16H16Cl2N6O2/c1-8-4-11(15(25)19-9-2-3-9)21-14(5-8)23-24-16(26)20-10-6-12(17)22-13(18)7-10/h4-7,9H,2-3H2,1H3,(H,19,25)(H,21,23)(H2,20,22,24,26). The SMILES string of the molecule is Cc1cc(NNC(=O)Nc2cc(Cl)nc(Cl)c2)nc(C(=O)NC2CC2)c1. The van der Waals surface area contributed by atoms with Crippen LogP contribution in [0.1, 0.15) is 28.9 Å². The number of aryl methyl sites for hydroxylation is 1. The van der Waals surface area contributed by atoms with Crippen LogP contribution in [0.5, 0.6) is 0 Å². The molecule has 10 heteroatoms. The molecule has 0 saturated heterocycles. The quantitative estimate of drug-likeness (QED) is 0.460. The molecular weight excluding hydrogens is 379 g/mol. The number of hydrazine groups is 1. The van der Waals surface area contributed by atoms with Gasteiger partial charge >= 0.3 is 6.03 Å². The van der Waals surface area contributed by atoms with Gasteiger partial charge in [-0.05, 0) is 49.6 Å². The molecule has 2 heterocycles. The second-order valence-corrected chi connectivity index (χ2v) is 6.64. The van der Waals surface area contributed by atoms with Crippen LogP contribution in [-0.4, -0.2) is 27.9 Å². The van der Waals surface area contributed by atoms with Crippen LogP contribution in [0.15, 0.2) is 24.3 Å². The Kier molecular flexibility index (Phi) is 5.43. The number of nitrogens with zero attached hydrogens (tertiary/aromatic N) is 2. The molecule has 1 aliphatic carbocycles. The monoisotopic (exact) mass is 394 g/mol. The van der Waals surface area contributed by atoms with Gasteiger partial charge < -0.3 is 10.6 Å². The van der Waals surface area contributed by atoms with Gasteiger partial charge in [0, 0.05) is 11.7 Å². The summed E-state index contributed by atoms with van der Waals surface area (Å²) in [6, 6.07) is 5.98. The predicted molar refractivity (Wildman–Crippen MR) is 99.5 cm³/mol. The van der Waals surface area contributed by atoms with Crippen LogP contribution in [0, 0.1) is 6.92 Å². The van der Waals surface area contributed by atoms with Crippen molar-refractivity contribution in [3.05, 3.63) is 45.8 Å². The van der Waals surface area contributed by atoms with E-state index in [1.165, 1.54) is 12.1 Å². The summed E-state index contributed by atoms with van der Waals surface area (Å²) in [7, 11) is 0. The number of nitrogens with one attached hydrogen (secondary N) is 4. The first-order chi connectivity index (χ1) is 12.4. The van der Waals surface area contributed by atoms with E-state index in [1.54, 1.807) is 12.1 Å². The van der Waals surface area contributed by atoms with E-state index in [1.807, 2.05) is 6.92 Å². The minimum atomic E-state index is -0.560. The molecule has 136 valence electrons. The van der Waals surface area contributed by atoms with Crippen LogP contribution in [0.2, 0.25) is 10.3 Å². The number of carbonyl (C=O) groups excluding carboxylic acids is 2. The van der Waals surface area contributed by atoms with Gasteiger partial charge in [-0.15, -0.1) is 0 Å². The maximum atomic E-state index is 12.1. The summed E-state index contributed by atoms with van der Waals surface area (Å²) >= 11 is 11.6. The molecule has 1 aliphatic rings. The number of hydrogen-bond acceptors (Lipinski definition) is 5. The Morgan fingerprint density at radius 3 is 2.42 bits per heavy atom. The molecule has 0 bridgehead atoms. The number of halogens is 2. The minimum Gasteiger partial charge on any atom is -0.348 e. The number of pyridine rings is 2. The lowest BCUT2D eigenvalue weighted by molar-refractivity contribution is 0.0946. The van der Waals surface area contributed by atoms with Crippen LogP contribution < -0.4 is 21.5 Å². The first-order valence-electron chi connectivity index (χ1n) is 7.85. The van der Waals surface area contributed by atoms with Crippen LogP contribution in [0.3, 0.4) is 0 Å². The fraction of sp³-hybridized carbons (Fsp3) is 0.250. The summed E-state index contributed by atoms with van der Waals surface area (Å²) in [4.78, 5) is 32.1. The van der Waals surface area contributed by atoms with E-state index >= 15 is 0 Å². The van der Waals surface area contributed by atoms with E-state index in [-0.39, 0.29) is 27.9 Å². The van der Waals surface area contributed by atoms with Crippen molar-refractivity contribution in [3.8, 4) is 0 Å². The lowest BCUT2D eigenvalue weighted by Crippen LogP contribution is -2.34. The molecule has 4 N–H and O–H groups in total. The molecule has 0 spiro atoms. The Balaban J connectivity index is 1.60. The normalized spacial score (nSPS) is 13.0. The van der Waals surface area contributed by atoms with Crippen molar-refractivity contribution in [3.63, 3.8) is 0 Å². The Hall–Kier alpha value is -2.58. The molecule has 26 heavy (non-hydrogen) atoms. The fourth-order valence-corrected chi connectivity index (χ4v) is 2.62. The summed E-state index contributed by atoms with van der Waals surface area (Å²) in [6.07, 6.45) is 1.99. The van der Waals surface area contributed by atoms with Gasteiger partial charge in [-0.2, -0.15) is 0 Å². The van der Waals surface area contributed by atoms with Crippen molar-refractivity contribution in [2.24, 2.45) is 0 Å². The molecule has 0 aliphatic heterocycles. The molecular formula is C16H16Cl2N6O2. The number of amides is 3. The topological polar surface area (TPSA) is 108 Å². The maximum absolute atomic E-state index is 12.1. The van der Waals surface area contributed by atoms with E-state index in [2.05, 4.69) is 31.5 Å². The van der Waals surface area contributed by atoms with Gasteiger partial charge in [-0.3, -0.25) is 15.6 Å². The second kappa shape index (κ2) is 7.76. The molecule has 8 nitrogen and oxygen atoms in total. The number of hydrogen-bond donors (Lipinski definition) is 4. The van der Waals surface area contributed by atoms with Crippen molar-refractivity contribution in [2.45, 2.75) is 25.8 Å². The Bertz CT molecular complexity index is 836. The summed E-state index contributed by atoms with van der Waals surface area (Å²) in [6.45, 7) is 1.84. The zero-order chi connectivity index (χ0) is 18.7. The molecule has 2 aromatic rings. The van der Waals surface area contributed by atoms with Crippen molar-refractivity contribution in [1.29, 1.82) is 0 Å². The third-order valence-corrected chi connectivity index (χ3v) is 3.83. The highest BCUT2D eigenvalue weighted by Crippen LogP contribution is 2.20. The van der Waals surface area contributed by atoms with E-state index in [0.29, 0.717) is 11.5 Å². The first-order valence-corrected chi connectivity index (χ1v) is 8.60. The van der Waals surface area contributed by atoms with Crippen molar-refractivity contribution in [1.82, 2.24) is 20.7 Å². The van der Waals surface area contributed by atoms with Crippen LogP contribution in [0.25, 0.3) is 0 Å². The number of urea groups is 1. The van der Waals surface area contributed by atoms with E-state index in [4.69, 9.17) is 23.2 Å². The smallest absolute Gasteiger partial charge is 0.337 e. The minimum absolute atomic E-state index is 0.160. The second-order valence-electron chi connectivity index (χ2n) is 5.87. The predicted octanol–water partition coefficient (Wildman–Crippen LogP) is 3.13. The lowest BCUT2D eigenvalue weighted by Gasteiger charge is -2.11. The molecule has 2 aromatic heterocycles. The first kappa shape index (κ1) is 18.2. The van der Waals surface area contributed by atoms with Crippen LogP contribution in [0.4, 0.5) is 16.3 Å². The van der Waals surface area contributed by atoms with Gasteiger partial charge in [0.05, 0.1) is 0 Å². The Morgan fingerprint density at radius 1 is 1.08 bits per heavy atom. The van der Waals surface area contributed by atoms with E-state index in [0.717, 1.165) is 18.4 Å². The van der Waals surface area contributed by atoms with Gasteiger partial charge in [0.1, 0.15) is 21.8 Å². The summed E-state index contributed by atoms with van der Waals surface area (Å²) in [5, 5.41) is 5.74. The van der Waals surface area contributed by atoms with Gasteiger partial charge in [0.15, 0.2) is 0 Å². The molecule has 0 unspecified atom stereocenters. The lowest BCUT2D eigenvalue weighted by atomic mass is 10.2. The zero-order valence-corrected chi connectivity index (χ0v) is 15.3. The third kappa shape index (κ3) is 5.21. The van der Waals surface area contributed by atoms with E-state index in [9.17, 15) is 9.59 Å². The molecule has 1 saturated carbocycles. The summed E-state index contributed by atoms with van der Waals surface area (Å²) in [5.41, 5.74) is 6.60. The highest BCUT2D eigenvalue weighted by molar-refractivity contribution is 6.32. The summed E-state index contributed by atoms with van der Waals surface area (Å²) in [5.74, 6) is 0.108. The Morgan fingerprint density at radius 2 is 1.77 bits per heavy atom. The number of aromatic nitrogens is 2. The number of carbonyl (C=O) groups is 2. The molecule has 0 radical (unpaired) electrons. The average Bonchev–Trinajstić information content (AvgIpc) is 3.35. The largest absolute Gasteiger partial charge is 0.348 e. The third-order valence-electron chi connectivity index (χ3n) is 3.44. The van der Waals surface area contributed by atoms with E-state index < -0.39 is 6.03 Å². The molecule has 3 rings (SSSR count). The van der Waals surface area contributed by atoms with Crippen molar-refractivity contribution >= 4 is 46.6 Å². The van der Waals surface area contributed by atoms with Gasteiger partial charge in [0.2, 0.25) is 0 Å². The molecule has 3 amide bonds.